The molecule has 2 N–H and O–H groups in total. The SMILES string of the molecule is O=C(O)C(=O)O.O=C(c1ccc(F)cc1)N1CCN(Cc2ccccc2[N+](=O)[O-])CC1. The largest absolute Gasteiger partial charge is 0.473 e. The highest BCUT2D eigenvalue weighted by Gasteiger charge is 2.24. The van der Waals surface area contributed by atoms with Crippen LogP contribution in [0.3, 0.4) is 0 Å². The lowest BCUT2D eigenvalue weighted by molar-refractivity contribution is -0.385. The number of rotatable bonds is 4. The summed E-state index contributed by atoms with van der Waals surface area (Å²) in [7, 11) is 0. The highest BCUT2D eigenvalue weighted by molar-refractivity contribution is 6.27. The van der Waals surface area contributed by atoms with E-state index in [1.54, 1.807) is 23.1 Å². The molecular weight excluding hydrogens is 413 g/mol. The lowest BCUT2D eigenvalue weighted by atomic mass is 10.1. The molecule has 1 saturated heterocycles. The molecule has 0 aromatic heterocycles. The molecule has 0 aliphatic carbocycles. The standard InChI is InChI=1S/C18H18FN3O3.C2H2O4/c19-16-7-5-14(6-8-16)18(23)21-11-9-20(10-12-21)13-15-3-1-2-4-17(15)22(24)25;3-1(4)2(5)6/h1-8H,9-13H2;(H,3,4)(H,5,6). The van der Waals surface area contributed by atoms with E-state index in [1.807, 2.05) is 0 Å². The Labute approximate surface area is 176 Å². The van der Waals surface area contributed by atoms with Crippen LogP contribution in [0.25, 0.3) is 0 Å². The topological polar surface area (TPSA) is 141 Å². The van der Waals surface area contributed by atoms with Crippen LogP contribution >= 0.6 is 0 Å². The van der Waals surface area contributed by atoms with Crippen LogP contribution in [0.5, 0.6) is 0 Å². The Bertz CT molecular complexity index is 946. The number of aliphatic carboxylic acids is 2. The number of piperazine rings is 1. The van der Waals surface area contributed by atoms with Crippen molar-refractivity contribution < 1.29 is 33.9 Å². The summed E-state index contributed by atoms with van der Waals surface area (Å²) in [5.74, 6) is -4.14. The van der Waals surface area contributed by atoms with Gasteiger partial charge in [-0.2, -0.15) is 0 Å². The predicted molar refractivity (Wildman–Crippen MR) is 106 cm³/mol. The van der Waals surface area contributed by atoms with E-state index >= 15 is 0 Å². The van der Waals surface area contributed by atoms with Crippen LogP contribution in [-0.2, 0) is 16.1 Å². The van der Waals surface area contributed by atoms with Gasteiger partial charge >= 0.3 is 11.9 Å². The molecule has 0 unspecified atom stereocenters. The van der Waals surface area contributed by atoms with Gasteiger partial charge in [0.05, 0.1) is 4.92 Å². The van der Waals surface area contributed by atoms with Crippen molar-refractivity contribution in [2.45, 2.75) is 6.54 Å². The van der Waals surface area contributed by atoms with Gasteiger partial charge in [-0.25, -0.2) is 14.0 Å². The molecule has 3 rings (SSSR count). The van der Waals surface area contributed by atoms with Gasteiger partial charge in [0.25, 0.3) is 11.6 Å². The van der Waals surface area contributed by atoms with E-state index in [2.05, 4.69) is 4.90 Å². The maximum Gasteiger partial charge on any atom is 0.414 e. The Morgan fingerprint density at radius 3 is 2.00 bits per heavy atom. The first-order valence-corrected chi connectivity index (χ1v) is 9.14. The summed E-state index contributed by atoms with van der Waals surface area (Å²) in [6.07, 6.45) is 0. The quantitative estimate of drug-likeness (QED) is 0.423. The number of amides is 1. The number of nitro groups is 1. The van der Waals surface area contributed by atoms with E-state index in [0.717, 1.165) is 0 Å². The Hall–Kier alpha value is -3.86. The van der Waals surface area contributed by atoms with Gasteiger partial charge < -0.3 is 15.1 Å². The number of halogens is 1. The van der Waals surface area contributed by atoms with Gasteiger partial charge in [-0.3, -0.25) is 19.8 Å². The Kier molecular flexibility index (Phi) is 8.15. The second-order valence-electron chi connectivity index (χ2n) is 6.57. The van der Waals surface area contributed by atoms with Crippen molar-refractivity contribution >= 4 is 23.5 Å². The number of carboxylic acid groups (broad SMARTS) is 2. The normalized spacial score (nSPS) is 13.6. The summed E-state index contributed by atoms with van der Waals surface area (Å²) in [4.78, 5) is 45.2. The molecule has 11 heteroatoms. The number of nitro benzene ring substituents is 1. The lowest BCUT2D eigenvalue weighted by Gasteiger charge is -2.34. The molecule has 31 heavy (non-hydrogen) atoms. The summed E-state index contributed by atoms with van der Waals surface area (Å²) < 4.78 is 13.0. The van der Waals surface area contributed by atoms with Gasteiger partial charge in [0.2, 0.25) is 0 Å². The zero-order valence-electron chi connectivity index (χ0n) is 16.3. The van der Waals surface area contributed by atoms with Crippen LogP contribution in [0.2, 0.25) is 0 Å². The molecule has 0 bridgehead atoms. The summed E-state index contributed by atoms with van der Waals surface area (Å²) in [6, 6.07) is 12.2. The third-order valence-corrected chi connectivity index (χ3v) is 4.52. The average molecular weight is 433 g/mol. The molecule has 0 spiro atoms. The highest BCUT2D eigenvalue weighted by atomic mass is 19.1. The maximum absolute atomic E-state index is 13.0. The molecule has 2 aromatic rings. The zero-order valence-corrected chi connectivity index (χ0v) is 16.3. The third kappa shape index (κ3) is 6.85. The summed E-state index contributed by atoms with van der Waals surface area (Å²) in [5.41, 5.74) is 1.26. The summed E-state index contributed by atoms with van der Waals surface area (Å²) in [6.45, 7) is 2.83. The lowest BCUT2D eigenvalue weighted by Crippen LogP contribution is -2.48. The highest BCUT2D eigenvalue weighted by Crippen LogP contribution is 2.20. The molecule has 0 saturated carbocycles. The molecular formula is C20H20FN3O7. The van der Waals surface area contributed by atoms with Gasteiger partial charge in [0.1, 0.15) is 5.82 Å². The van der Waals surface area contributed by atoms with Crippen LogP contribution in [-0.4, -0.2) is 69.0 Å². The predicted octanol–water partition coefficient (Wildman–Crippen LogP) is 1.85. The molecule has 1 aliphatic heterocycles. The van der Waals surface area contributed by atoms with Crippen molar-refractivity contribution in [3.05, 3.63) is 75.6 Å². The van der Waals surface area contributed by atoms with E-state index in [-0.39, 0.29) is 22.3 Å². The Morgan fingerprint density at radius 2 is 1.48 bits per heavy atom. The fourth-order valence-corrected chi connectivity index (χ4v) is 2.95. The number of para-hydroxylation sites is 1. The van der Waals surface area contributed by atoms with E-state index in [1.165, 1.54) is 30.3 Å². The van der Waals surface area contributed by atoms with E-state index < -0.39 is 11.9 Å². The molecule has 0 radical (unpaired) electrons. The van der Waals surface area contributed by atoms with Crippen molar-refractivity contribution in [2.24, 2.45) is 0 Å². The number of carboxylic acids is 2. The first-order chi connectivity index (χ1) is 14.7. The van der Waals surface area contributed by atoms with Crippen LogP contribution in [0.15, 0.2) is 48.5 Å². The summed E-state index contributed by atoms with van der Waals surface area (Å²) >= 11 is 0. The minimum atomic E-state index is -1.82. The second-order valence-corrected chi connectivity index (χ2v) is 6.57. The van der Waals surface area contributed by atoms with Crippen molar-refractivity contribution in [3.63, 3.8) is 0 Å². The van der Waals surface area contributed by atoms with Crippen molar-refractivity contribution in [1.29, 1.82) is 0 Å². The van der Waals surface area contributed by atoms with E-state index in [0.29, 0.717) is 43.9 Å². The minimum Gasteiger partial charge on any atom is -0.473 e. The van der Waals surface area contributed by atoms with E-state index in [4.69, 9.17) is 19.8 Å². The van der Waals surface area contributed by atoms with Gasteiger partial charge in [-0.05, 0) is 24.3 Å². The van der Waals surface area contributed by atoms with E-state index in [9.17, 15) is 19.3 Å². The van der Waals surface area contributed by atoms with Gasteiger partial charge in [0.15, 0.2) is 0 Å². The first-order valence-electron chi connectivity index (χ1n) is 9.14. The number of hydrogen-bond donors (Lipinski definition) is 2. The fourth-order valence-electron chi connectivity index (χ4n) is 2.95. The minimum absolute atomic E-state index is 0.118. The van der Waals surface area contributed by atoms with Crippen molar-refractivity contribution in [2.75, 3.05) is 26.2 Å². The van der Waals surface area contributed by atoms with Crippen molar-refractivity contribution in [1.82, 2.24) is 9.80 Å². The van der Waals surface area contributed by atoms with Crippen LogP contribution < -0.4 is 0 Å². The molecule has 2 aromatic carbocycles. The molecule has 1 heterocycles. The van der Waals surface area contributed by atoms with Crippen LogP contribution in [0.1, 0.15) is 15.9 Å². The molecule has 1 amide bonds. The zero-order chi connectivity index (χ0) is 23.0. The van der Waals surface area contributed by atoms with Gasteiger partial charge in [-0.1, -0.05) is 18.2 Å². The maximum atomic E-state index is 13.0. The second kappa shape index (κ2) is 10.8. The number of carbonyl (C=O) groups excluding carboxylic acids is 1. The Morgan fingerprint density at radius 1 is 0.935 bits per heavy atom. The average Bonchev–Trinajstić information content (AvgIpc) is 2.75. The fraction of sp³-hybridized carbons (Fsp3) is 0.250. The molecule has 1 aliphatic rings. The van der Waals surface area contributed by atoms with Crippen molar-refractivity contribution in [3.8, 4) is 0 Å². The molecule has 1 fully saturated rings. The van der Waals surface area contributed by atoms with Gasteiger partial charge in [0, 0.05) is 49.9 Å². The number of hydrogen-bond acceptors (Lipinski definition) is 6. The number of nitrogens with zero attached hydrogens (tertiary/aromatic N) is 3. The van der Waals surface area contributed by atoms with Crippen LogP contribution in [0.4, 0.5) is 10.1 Å². The molecule has 0 atom stereocenters. The number of carbonyl (C=O) groups is 3. The molecule has 10 nitrogen and oxygen atoms in total. The summed E-state index contributed by atoms with van der Waals surface area (Å²) in [5, 5.41) is 25.9. The Balaban J connectivity index is 0.000000501. The van der Waals surface area contributed by atoms with Crippen LogP contribution in [0, 0.1) is 15.9 Å². The third-order valence-electron chi connectivity index (χ3n) is 4.52. The first kappa shape index (κ1) is 23.4. The smallest absolute Gasteiger partial charge is 0.414 e. The van der Waals surface area contributed by atoms with Gasteiger partial charge in [-0.15, -0.1) is 0 Å². The number of benzene rings is 2. The monoisotopic (exact) mass is 433 g/mol. The molecule has 164 valence electrons.